The molecule has 3 rings (SSSR count). The fourth-order valence-corrected chi connectivity index (χ4v) is 4.23. The Morgan fingerprint density at radius 3 is 2.37 bits per heavy atom. The van der Waals surface area contributed by atoms with Crippen LogP contribution in [-0.2, 0) is 9.59 Å². The summed E-state index contributed by atoms with van der Waals surface area (Å²) in [6.45, 7) is 0. The number of carbonyl (C=O) groups is 2. The topological polar surface area (TPSA) is 63.4 Å². The highest BCUT2D eigenvalue weighted by atomic mass is 16.2. The van der Waals surface area contributed by atoms with Gasteiger partial charge in [0.25, 0.3) is 0 Å². The van der Waals surface area contributed by atoms with Gasteiger partial charge in [0.2, 0.25) is 11.8 Å². The normalized spacial score (nSPS) is 35.1. The second-order valence-electron chi connectivity index (χ2n) is 6.60. The first-order valence-electron chi connectivity index (χ1n) is 7.76. The van der Waals surface area contributed by atoms with Gasteiger partial charge in [0.15, 0.2) is 0 Å². The van der Waals surface area contributed by atoms with Gasteiger partial charge in [-0.2, -0.15) is 0 Å². The van der Waals surface area contributed by atoms with Crippen molar-refractivity contribution >= 4 is 11.8 Å². The van der Waals surface area contributed by atoms with Crippen LogP contribution in [0.25, 0.3) is 0 Å². The summed E-state index contributed by atoms with van der Waals surface area (Å²) in [4.78, 5) is 26.7. The minimum Gasteiger partial charge on any atom is -0.326 e. The first-order valence-corrected chi connectivity index (χ1v) is 7.76. The van der Waals surface area contributed by atoms with Crippen molar-refractivity contribution in [1.82, 2.24) is 4.90 Å². The molecule has 0 aromatic rings. The fraction of sp³-hybridized carbons (Fsp3) is 0.867. The number of nitrogens with two attached hydrogens (primary N) is 1. The summed E-state index contributed by atoms with van der Waals surface area (Å²) >= 11 is 0. The Bertz CT molecular complexity index is 388. The smallest absolute Gasteiger partial charge is 0.236 e. The summed E-state index contributed by atoms with van der Waals surface area (Å²) in [6.07, 6.45) is 9.66. The molecule has 2 saturated carbocycles. The molecule has 0 aromatic carbocycles. The molecule has 3 aliphatic rings. The predicted molar refractivity (Wildman–Crippen MR) is 72.2 cm³/mol. The minimum atomic E-state index is -0.355. The van der Waals surface area contributed by atoms with E-state index in [1.54, 1.807) is 4.90 Å². The van der Waals surface area contributed by atoms with Crippen LogP contribution in [0.2, 0.25) is 0 Å². The fourth-order valence-electron chi connectivity index (χ4n) is 4.23. The third-order valence-corrected chi connectivity index (χ3v) is 5.35. The number of carbonyl (C=O) groups excluding carboxylic acids is 2. The quantitative estimate of drug-likeness (QED) is 0.736. The molecular weight excluding hydrogens is 240 g/mol. The number of amides is 2. The van der Waals surface area contributed by atoms with E-state index < -0.39 is 0 Å². The van der Waals surface area contributed by atoms with Gasteiger partial charge in [0.05, 0.1) is 11.5 Å². The van der Waals surface area contributed by atoms with E-state index in [2.05, 4.69) is 0 Å². The molecule has 2 unspecified atom stereocenters. The zero-order valence-electron chi connectivity index (χ0n) is 11.6. The summed E-state index contributed by atoms with van der Waals surface area (Å²) in [7, 11) is 0. The Hall–Kier alpha value is -0.900. The largest absolute Gasteiger partial charge is 0.326 e. The van der Waals surface area contributed by atoms with Crippen LogP contribution in [-0.4, -0.2) is 28.8 Å². The molecule has 4 heteroatoms. The van der Waals surface area contributed by atoms with E-state index in [1.165, 1.54) is 6.42 Å². The van der Waals surface area contributed by atoms with Crippen molar-refractivity contribution in [1.29, 1.82) is 0 Å². The molecule has 2 N–H and O–H groups in total. The van der Waals surface area contributed by atoms with Gasteiger partial charge in [0.1, 0.15) is 0 Å². The SMILES string of the molecule is NC1CCCCC1N1C(=O)CC2(CCCCC2)C1=O. The Morgan fingerprint density at radius 1 is 1.00 bits per heavy atom. The van der Waals surface area contributed by atoms with E-state index in [1.807, 2.05) is 0 Å². The van der Waals surface area contributed by atoms with Crippen molar-refractivity contribution in [3.63, 3.8) is 0 Å². The van der Waals surface area contributed by atoms with Gasteiger partial charge in [0, 0.05) is 12.5 Å². The lowest BCUT2D eigenvalue weighted by molar-refractivity contribution is -0.146. The first-order chi connectivity index (χ1) is 9.14. The molecule has 1 aliphatic heterocycles. The Morgan fingerprint density at radius 2 is 1.68 bits per heavy atom. The third-order valence-electron chi connectivity index (χ3n) is 5.35. The van der Waals surface area contributed by atoms with Crippen molar-refractivity contribution in [2.45, 2.75) is 76.3 Å². The first kappa shape index (κ1) is 13.1. The maximum atomic E-state index is 12.8. The van der Waals surface area contributed by atoms with E-state index in [4.69, 9.17) is 5.73 Å². The molecule has 1 saturated heterocycles. The van der Waals surface area contributed by atoms with Gasteiger partial charge in [-0.05, 0) is 25.7 Å². The number of hydrogen-bond acceptors (Lipinski definition) is 3. The molecule has 0 bridgehead atoms. The van der Waals surface area contributed by atoms with E-state index in [0.717, 1.165) is 51.4 Å². The van der Waals surface area contributed by atoms with Crippen LogP contribution in [0, 0.1) is 5.41 Å². The average Bonchev–Trinajstić information content (AvgIpc) is 2.63. The number of nitrogens with zero attached hydrogens (tertiary/aromatic N) is 1. The molecule has 106 valence electrons. The zero-order valence-corrected chi connectivity index (χ0v) is 11.6. The highest BCUT2D eigenvalue weighted by molar-refractivity contribution is 6.06. The van der Waals surface area contributed by atoms with Crippen molar-refractivity contribution in [2.75, 3.05) is 0 Å². The summed E-state index contributed by atoms with van der Waals surface area (Å²) < 4.78 is 0. The van der Waals surface area contributed by atoms with Crippen LogP contribution in [0.1, 0.15) is 64.2 Å². The van der Waals surface area contributed by atoms with Gasteiger partial charge in [-0.1, -0.05) is 32.1 Å². The lowest BCUT2D eigenvalue weighted by Crippen LogP contribution is -2.53. The van der Waals surface area contributed by atoms with E-state index in [0.29, 0.717) is 6.42 Å². The summed E-state index contributed by atoms with van der Waals surface area (Å²) in [5.74, 6) is 0.133. The highest BCUT2D eigenvalue weighted by Gasteiger charge is 2.54. The van der Waals surface area contributed by atoms with Gasteiger partial charge in [-0.15, -0.1) is 0 Å². The van der Waals surface area contributed by atoms with E-state index in [-0.39, 0.29) is 29.3 Å². The Labute approximate surface area is 114 Å². The summed E-state index contributed by atoms with van der Waals surface area (Å²) in [5, 5.41) is 0. The third kappa shape index (κ3) is 2.10. The Balaban J connectivity index is 1.82. The molecular formula is C15H24N2O2. The molecule has 19 heavy (non-hydrogen) atoms. The molecule has 3 fully saturated rings. The number of likely N-dealkylation sites (tertiary alicyclic amines) is 1. The number of hydrogen-bond donors (Lipinski definition) is 1. The molecule has 1 spiro atoms. The van der Waals surface area contributed by atoms with Crippen LogP contribution in [0.15, 0.2) is 0 Å². The van der Waals surface area contributed by atoms with Crippen molar-refractivity contribution in [2.24, 2.45) is 11.1 Å². The van der Waals surface area contributed by atoms with Gasteiger partial charge < -0.3 is 5.73 Å². The predicted octanol–water partition coefficient (Wildman–Crippen LogP) is 1.97. The van der Waals surface area contributed by atoms with Crippen LogP contribution in [0.4, 0.5) is 0 Å². The molecule has 2 atom stereocenters. The van der Waals surface area contributed by atoms with Crippen LogP contribution >= 0.6 is 0 Å². The van der Waals surface area contributed by atoms with Crippen molar-refractivity contribution in [3.8, 4) is 0 Å². The average molecular weight is 264 g/mol. The zero-order chi connectivity index (χ0) is 13.5. The molecule has 1 heterocycles. The van der Waals surface area contributed by atoms with Crippen LogP contribution in [0.3, 0.4) is 0 Å². The van der Waals surface area contributed by atoms with E-state index >= 15 is 0 Å². The van der Waals surface area contributed by atoms with Crippen LogP contribution in [0.5, 0.6) is 0 Å². The van der Waals surface area contributed by atoms with Crippen molar-refractivity contribution < 1.29 is 9.59 Å². The lowest BCUT2D eigenvalue weighted by Gasteiger charge is -2.37. The van der Waals surface area contributed by atoms with Crippen LogP contribution < -0.4 is 5.73 Å². The van der Waals surface area contributed by atoms with Gasteiger partial charge in [-0.25, -0.2) is 0 Å². The summed E-state index contributed by atoms with van der Waals surface area (Å²) in [5.41, 5.74) is 5.80. The molecule has 2 amide bonds. The Kier molecular flexibility index (Phi) is 3.37. The maximum absolute atomic E-state index is 12.8. The van der Waals surface area contributed by atoms with E-state index in [9.17, 15) is 9.59 Å². The minimum absolute atomic E-state index is 0.0135. The molecule has 4 nitrogen and oxygen atoms in total. The molecule has 0 aromatic heterocycles. The molecule has 2 aliphatic carbocycles. The lowest BCUT2D eigenvalue weighted by atomic mass is 9.73. The standard InChI is InChI=1S/C15H24N2O2/c16-11-6-2-3-7-12(11)17-13(18)10-15(14(17)19)8-4-1-5-9-15/h11-12H,1-10,16H2. The molecule has 0 radical (unpaired) electrons. The second kappa shape index (κ2) is 4.89. The second-order valence-corrected chi connectivity index (χ2v) is 6.60. The van der Waals surface area contributed by atoms with Crippen molar-refractivity contribution in [3.05, 3.63) is 0 Å². The van der Waals surface area contributed by atoms with Gasteiger partial charge in [-0.3, -0.25) is 14.5 Å². The highest BCUT2D eigenvalue weighted by Crippen LogP contribution is 2.46. The number of imide groups is 1. The number of rotatable bonds is 1. The monoisotopic (exact) mass is 264 g/mol. The summed E-state index contributed by atoms with van der Waals surface area (Å²) in [6, 6.07) is -0.0459. The van der Waals surface area contributed by atoms with Gasteiger partial charge >= 0.3 is 0 Å². The maximum Gasteiger partial charge on any atom is 0.236 e.